The fourth-order valence-corrected chi connectivity index (χ4v) is 1.94. The number of carbonyl (C=O) groups is 2. The number of amides is 2. The first kappa shape index (κ1) is 18.7. The van der Waals surface area contributed by atoms with Gasteiger partial charge in [0.25, 0.3) is 0 Å². The molecule has 0 bridgehead atoms. The average molecular weight is 289 g/mol. The summed E-state index contributed by atoms with van der Waals surface area (Å²) >= 11 is 0. The fourth-order valence-electron chi connectivity index (χ4n) is 1.94. The molecule has 20 heavy (non-hydrogen) atoms. The Morgan fingerprint density at radius 1 is 1.30 bits per heavy atom. The van der Waals surface area contributed by atoms with Crippen molar-refractivity contribution in [1.82, 2.24) is 10.2 Å². The maximum atomic E-state index is 11.4. The Labute approximate surface area is 120 Å². The summed E-state index contributed by atoms with van der Waals surface area (Å²) in [4.78, 5) is 23.8. The number of hydrogen-bond donors (Lipinski definition) is 4. The molecule has 7 nitrogen and oxygen atoms in total. The van der Waals surface area contributed by atoms with E-state index < -0.39 is 24.1 Å². The Bertz CT molecular complexity index is 310. The van der Waals surface area contributed by atoms with Gasteiger partial charge in [-0.3, -0.25) is 4.79 Å². The molecule has 0 aliphatic heterocycles. The van der Waals surface area contributed by atoms with Crippen LogP contribution < -0.4 is 11.1 Å². The van der Waals surface area contributed by atoms with E-state index in [4.69, 9.17) is 5.73 Å². The van der Waals surface area contributed by atoms with Crippen molar-refractivity contribution in [1.29, 1.82) is 0 Å². The molecule has 2 amide bonds. The molecule has 0 aromatic rings. The van der Waals surface area contributed by atoms with E-state index in [1.165, 1.54) is 4.90 Å². The molecule has 0 aliphatic rings. The highest BCUT2D eigenvalue weighted by Gasteiger charge is 2.25. The number of carbonyl (C=O) groups excluding carboxylic acids is 1. The minimum Gasteiger partial charge on any atom is -0.465 e. The van der Waals surface area contributed by atoms with Crippen LogP contribution in [-0.2, 0) is 4.79 Å². The zero-order chi connectivity index (χ0) is 15.7. The maximum Gasteiger partial charge on any atom is 0.407 e. The Kier molecular flexibility index (Phi) is 8.91. The summed E-state index contributed by atoms with van der Waals surface area (Å²) in [5.74, 6) is -0.236. The lowest BCUT2D eigenvalue weighted by molar-refractivity contribution is -0.121. The zero-order valence-electron chi connectivity index (χ0n) is 12.5. The van der Waals surface area contributed by atoms with Crippen LogP contribution in [0.5, 0.6) is 0 Å². The van der Waals surface area contributed by atoms with E-state index in [1.54, 1.807) is 0 Å². The van der Waals surface area contributed by atoms with Crippen molar-refractivity contribution in [3.8, 4) is 0 Å². The molecule has 0 saturated heterocycles. The first-order chi connectivity index (χ1) is 9.31. The van der Waals surface area contributed by atoms with Crippen molar-refractivity contribution in [3.63, 3.8) is 0 Å². The standard InChI is InChI=1S/C13H27N3O4/c1-4-5-11(17)10(15-12(18)6-14)8-16(13(19)20)7-9(2)3/h9-11,17H,4-8,14H2,1-3H3,(H,15,18)(H,19,20)/t10-,11-/m0/s1. The average Bonchev–Trinajstić information content (AvgIpc) is 2.36. The summed E-state index contributed by atoms with van der Waals surface area (Å²) < 4.78 is 0. The van der Waals surface area contributed by atoms with Crippen molar-refractivity contribution in [2.75, 3.05) is 19.6 Å². The number of nitrogens with zero attached hydrogens (tertiary/aromatic N) is 1. The predicted octanol–water partition coefficient (Wildman–Crippen LogP) is 0.227. The van der Waals surface area contributed by atoms with Crippen molar-refractivity contribution in [2.24, 2.45) is 11.7 Å². The van der Waals surface area contributed by atoms with E-state index in [0.29, 0.717) is 13.0 Å². The quantitative estimate of drug-likeness (QED) is 0.485. The van der Waals surface area contributed by atoms with Gasteiger partial charge >= 0.3 is 6.09 Å². The van der Waals surface area contributed by atoms with E-state index in [-0.39, 0.29) is 19.0 Å². The minimum atomic E-state index is -1.06. The summed E-state index contributed by atoms with van der Waals surface area (Å²) in [6, 6.07) is -0.638. The Hall–Kier alpha value is -1.34. The molecule has 0 saturated carbocycles. The van der Waals surface area contributed by atoms with Gasteiger partial charge in [-0.15, -0.1) is 0 Å². The van der Waals surface area contributed by atoms with E-state index in [9.17, 15) is 19.8 Å². The Morgan fingerprint density at radius 3 is 2.30 bits per heavy atom. The summed E-state index contributed by atoms with van der Waals surface area (Å²) in [7, 11) is 0. The van der Waals surface area contributed by atoms with Gasteiger partial charge in [-0.25, -0.2) is 4.79 Å². The molecule has 0 spiro atoms. The molecule has 7 heteroatoms. The van der Waals surface area contributed by atoms with Crippen LogP contribution >= 0.6 is 0 Å². The molecule has 0 aliphatic carbocycles. The SMILES string of the molecule is CCC[C@H](O)[C@H](CN(CC(C)C)C(=O)O)NC(=O)CN. The van der Waals surface area contributed by atoms with Gasteiger partial charge in [-0.1, -0.05) is 27.2 Å². The molecule has 0 aromatic carbocycles. The van der Waals surface area contributed by atoms with E-state index in [0.717, 1.165) is 6.42 Å². The van der Waals surface area contributed by atoms with Crippen LogP contribution in [0, 0.1) is 5.92 Å². The van der Waals surface area contributed by atoms with Crippen LogP contribution in [0.1, 0.15) is 33.6 Å². The van der Waals surface area contributed by atoms with Crippen LogP contribution in [-0.4, -0.2) is 58.9 Å². The maximum absolute atomic E-state index is 11.4. The van der Waals surface area contributed by atoms with Crippen LogP contribution in [0.15, 0.2) is 0 Å². The Balaban J connectivity index is 4.81. The molecular formula is C13H27N3O4. The highest BCUT2D eigenvalue weighted by Crippen LogP contribution is 2.07. The van der Waals surface area contributed by atoms with Gasteiger partial charge in [-0.2, -0.15) is 0 Å². The number of rotatable bonds is 9. The smallest absolute Gasteiger partial charge is 0.407 e. The number of nitrogens with one attached hydrogen (secondary N) is 1. The molecule has 0 aromatic heterocycles. The highest BCUT2D eigenvalue weighted by molar-refractivity contribution is 5.78. The largest absolute Gasteiger partial charge is 0.465 e. The van der Waals surface area contributed by atoms with Crippen LogP contribution in [0.2, 0.25) is 0 Å². The Morgan fingerprint density at radius 2 is 1.90 bits per heavy atom. The molecule has 2 atom stereocenters. The van der Waals surface area contributed by atoms with E-state index in [1.807, 2.05) is 20.8 Å². The van der Waals surface area contributed by atoms with Gasteiger partial charge in [0.2, 0.25) is 5.91 Å². The lowest BCUT2D eigenvalue weighted by atomic mass is 10.0. The third-order valence-corrected chi connectivity index (χ3v) is 2.85. The molecule has 118 valence electrons. The third kappa shape index (κ3) is 7.30. The normalized spacial score (nSPS) is 13.9. The third-order valence-electron chi connectivity index (χ3n) is 2.85. The van der Waals surface area contributed by atoms with Crippen LogP contribution in [0.3, 0.4) is 0 Å². The second kappa shape index (κ2) is 9.55. The summed E-state index contributed by atoms with van der Waals surface area (Å²) in [5.41, 5.74) is 5.24. The lowest BCUT2D eigenvalue weighted by Crippen LogP contribution is -2.53. The van der Waals surface area contributed by atoms with Crippen molar-refractivity contribution in [3.05, 3.63) is 0 Å². The van der Waals surface area contributed by atoms with Gasteiger partial charge in [0.15, 0.2) is 0 Å². The van der Waals surface area contributed by atoms with Crippen molar-refractivity contribution >= 4 is 12.0 Å². The predicted molar refractivity (Wildman–Crippen MR) is 76.3 cm³/mol. The summed E-state index contributed by atoms with van der Waals surface area (Å²) in [6.07, 6.45) is -0.614. The number of nitrogens with two attached hydrogens (primary N) is 1. The molecule has 0 rings (SSSR count). The van der Waals surface area contributed by atoms with Gasteiger partial charge in [0.1, 0.15) is 0 Å². The fraction of sp³-hybridized carbons (Fsp3) is 0.846. The number of aliphatic hydroxyl groups is 1. The van der Waals surface area contributed by atoms with Crippen LogP contribution in [0.4, 0.5) is 4.79 Å². The topological polar surface area (TPSA) is 116 Å². The molecule has 0 fully saturated rings. The molecule has 0 radical (unpaired) electrons. The molecule has 5 N–H and O–H groups in total. The molecule has 0 unspecified atom stereocenters. The zero-order valence-corrected chi connectivity index (χ0v) is 12.5. The molecular weight excluding hydrogens is 262 g/mol. The summed E-state index contributed by atoms with van der Waals surface area (Å²) in [6.45, 7) is 5.95. The first-order valence-corrected chi connectivity index (χ1v) is 6.97. The monoisotopic (exact) mass is 289 g/mol. The number of hydrogen-bond acceptors (Lipinski definition) is 4. The van der Waals surface area contributed by atoms with E-state index in [2.05, 4.69) is 5.32 Å². The first-order valence-electron chi connectivity index (χ1n) is 6.97. The second-order valence-corrected chi connectivity index (χ2v) is 5.32. The van der Waals surface area contributed by atoms with Crippen molar-refractivity contribution in [2.45, 2.75) is 45.8 Å². The second-order valence-electron chi connectivity index (χ2n) is 5.32. The summed E-state index contributed by atoms with van der Waals surface area (Å²) in [5, 5.41) is 21.8. The van der Waals surface area contributed by atoms with E-state index >= 15 is 0 Å². The van der Waals surface area contributed by atoms with Crippen LogP contribution in [0.25, 0.3) is 0 Å². The van der Waals surface area contributed by atoms with Gasteiger partial charge in [0.05, 0.1) is 18.7 Å². The molecule has 0 heterocycles. The number of carboxylic acid groups (broad SMARTS) is 1. The van der Waals surface area contributed by atoms with Gasteiger partial charge in [-0.05, 0) is 12.3 Å². The lowest BCUT2D eigenvalue weighted by Gasteiger charge is -2.30. The van der Waals surface area contributed by atoms with Gasteiger partial charge in [0, 0.05) is 13.1 Å². The minimum absolute atomic E-state index is 0.0560. The highest BCUT2D eigenvalue weighted by atomic mass is 16.4. The van der Waals surface area contributed by atoms with Crippen molar-refractivity contribution < 1.29 is 19.8 Å². The number of aliphatic hydroxyl groups excluding tert-OH is 1. The van der Waals surface area contributed by atoms with Gasteiger partial charge < -0.3 is 26.2 Å².